The predicted octanol–water partition coefficient (Wildman–Crippen LogP) is 4.77. The van der Waals surface area contributed by atoms with Gasteiger partial charge in [0.25, 0.3) is 0 Å². The Hall–Kier alpha value is -3.53. The summed E-state index contributed by atoms with van der Waals surface area (Å²) in [5.41, 5.74) is 5.73. The molecule has 2 aromatic heterocycles. The first-order chi connectivity index (χ1) is 13.9. The van der Waals surface area contributed by atoms with Gasteiger partial charge in [-0.1, -0.05) is 54.6 Å². The quantitative estimate of drug-likeness (QED) is 0.525. The van der Waals surface area contributed by atoms with Crippen LogP contribution in [0.5, 0.6) is 0 Å². The van der Waals surface area contributed by atoms with Crippen molar-refractivity contribution in [2.45, 2.75) is 13.0 Å². The zero-order valence-electron chi connectivity index (χ0n) is 15.5. The second-order valence-corrected chi connectivity index (χ2v) is 6.98. The molecule has 0 fully saturated rings. The molecule has 0 N–H and O–H groups in total. The third-order valence-electron chi connectivity index (χ3n) is 5.16. The molecule has 1 aliphatic heterocycles. The Morgan fingerprint density at radius 3 is 2.36 bits per heavy atom. The Kier molecular flexibility index (Phi) is 4.30. The fraction of sp³-hybridized carbons (Fsp3) is 0.125. The molecular weight excluding hydrogens is 344 g/mol. The van der Waals surface area contributed by atoms with Gasteiger partial charge in [-0.05, 0) is 29.7 Å². The Bertz CT molecular complexity index is 1040. The Labute approximate surface area is 164 Å². The van der Waals surface area contributed by atoms with Crippen LogP contribution >= 0.6 is 0 Å². The summed E-state index contributed by atoms with van der Waals surface area (Å²) < 4.78 is 0. The van der Waals surface area contributed by atoms with Gasteiger partial charge in [-0.15, -0.1) is 0 Å². The highest BCUT2D eigenvalue weighted by Crippen LogP contribution is 2.28. The van der Waals surface area contributed by atoms with Gasteiger partial charge in [0.1, 0.15) is 5.82 Å². The van der Waals surface area contributed by atoms with Crippen LogP contribution in [0.25, 0.3) is 22.6 Å². The highest BCUT2D eigenvalue weighted by atomic mass is 15.2. The summed E-state index contributed by atoms with van der Waals surface area (Å²) in [7, 11) is 0. The maximum Gasteiger partial charge on any atom is 0.162 e. The van der Waals surface area contributed by atoms with E-state index in [4.69, 9.17) is 9.97 Å². The fourth-order valence-corrected chi connectivity index (χ4v) is 3.67. The number of pyridine rings is 1. The van der Waals surface area contributed by atoms with Gasteiger partial charge < -0.3 is 4.90 Å². The van der Waals surface area contributed by atoms with Crippen molar-refractivity contribution in [3.05, 3.63) is 96.3 Å². The van der Waals surface area contributed by atoms with Crippen molar-refractivity contribution >= 4 is 5.82 Å². The molecule has 3 heterocycles. The Morgan fingerprint density at radius 1 is 0.750 bits per heavy atom. The van der Waals surface area contributed by atoms with Crippen molar-refractivity contribution in [3.63, 3.8) is 0 Å². The number of benzene rings is 2. The van der Waals surface area contributed by atoms with Crippen LogP contribution in [-0.2, 0) is 13.0 Å². The summed E-state index contributed by atoms with van der Waals surface area (Å²) in [4.78, 5) is 16.4. The van der Waals surface area contributed by atoms with E-state index < -0.39 is 0 Å². The van der Waals surface area contributed by atoms with Crippen molar-refractivity contribution in [2.24, 2.45) is 0 Å². The lowest BCUT2D eigenvalue weighted by Crippen LogP contribution is -2.31. The Morgan fingerprint density at radius 2 is 1.54 bits per heavy atom. The minimum absolute atomic E-state index is 0.746. The molecule has 4 heteroatoms. The van der Waals surface area contributed by atoms with E-state index >= 15 is 0 Å². The van der Waals surface area contributed by atoms with Crippen molar-refractivity contribution in [3.8, 4) is 22.6 Å². The molecular formula is C24H20N4. The van der Waals surface area contributed by atoms with Crippen molar-refractivity contribution < 1.29 is 0 Å². The van der Waals surface area contributed by atoms with Crippen LogP contribution in [0.4, 0.5) is 5.82 Å². The maximum atomic E-state index is 4.92. The first-order valence-corrected chi connectivity index (χ1v) is 9.53. The number of anilines is 1. The zero-order valence-corrected chi connectivity index (χ0v) is 15.5. The smallest absolute Gasteiger partial charge is 0.162 e. The van der Waals surface area contributed by atoms with Gasteiger partial charge in [0, 0.05) is 42.7 Å². The van der Waals surface area contributed by atoms with E-state index in [1.807, 2.05) is 36.5 Å². The monoisotopic (exact) mass is 364 g/mol. The third kappa shape index (κ3) is 3.25. The number of aromatic nitrogens is 3. The van der Waals surface area contributed by atoms with Gasteiger partial charge in [0.15, 0.2) is 5.82 Å². The van der Waals surface area contributed by atoms with Gasteiger partial charge in [-0.2, -0.15) is 0 Å². The lowest BCUT2D eigenvalue weighted by molar-refractivity contribution is 0.720. The van der Waals surface area contributed by atoms with Crippen LogP contribution in [0, 0.1) is 0 Å². The summed E-state index contributed by atoms with van der Waals surface area (Å²) in [6, 6.07) is 24.9. The number of hydrogen-bond donors (Lipinski definition) is 0. The standard InChI is InChI=1S/C24H20N4/c1-2-8-19(9-3-1)24-26-22(20-11-6-13-25-16-20)15-23(27-24)28-14-12-18-7-4-5-10-21(18)17-28/h1-11,13,15-16H,12,14,17H2. The predicted molar refractivity (Wildman–Crippen MR) is 112 cm³/mol. The van der Waals surface area contributed by atoms with Gasteiger partial charge in [-0.25, -0.2) is 9.97 Å². The highest BCUT2D eigenvalue weighted by Gasteiger charge is 2.19. The largest absolute Gasteiger partial charge is 0.352 e. The molecule has 28 heavy (non-hydrogen) atoms. The van der Waals surface area contributed by atoms with Crippen molar-refractivity contribution in [2.75, 3.05) is 11.4 Å². The SMILES string of the molecule is c1ccc(-c2nc(-c3cccnc3)cc(N3CCc4ccccc4C3)n2)cc1. The number of rotatable bonds is 3. The van der Waals surface area contributed by atoms with E-state index in [-0.39, 0.29) is 0 Å². The van der Waals surface area contributed by atoms with E-state index in [0.29, 0.717) is 0 Å². The molecule has 1 aliphatic rings. The number of nitrogens with zero attached hydrogens (tertiary/aromatic N) is 4. The van der Waals surface area contributed by atoms with Crippen molar-refractivity contribution in [1.82, 2.24) is 15.0 Å². The van der Waals surface area contributed by atoms with Crippen LogP contribution < -0.4 is 4.90 Å². The topological polar surface area (TPSA) is 41.9 Å². The first kappa shape index (κ1) is 16.6. The molecule has 0 bridgehead atoms. The summed E-state index contributed by atoms with van der Waals surface area (Å²) in [5.74, 6) is 1.71. The molecule has 0 unspecified atom stereocenters. The van der Waals surface area contributed by atoms with Crippen LogP contribution in [0.2, 0.25) is 0 Å². The van der Waals surface area contributed by atoms with E-state index in [2.05, 4.69) is 52.3 Å². The van der Waals surface area contributed by atoms with Gasteiger partial charge in [0.05, 0.1) is 5.69 Å². The molecule has 0 aliphatic carbocycles. The minimum Gasteiger partial charge on any atom is -0.352 e. The fourth-order valence-electron chi connectivity index (χ4n) is 3.67. The second kappa shape index (κ2) is 7.24. The number of fused-ring (bicyclic) bond motifs is 1. The minimum atomic E-state index is 0.746. The van der Waals surface area contributed by atoms with Crippen LogP contribution in [0.3, 0.4) is 0 Å². The third-order valence-corrected chi connectivity index (χ3v) is 5.16. The van der Waals surface area contributed by atoms with Gasteiger partial charge >= 0.3 is 0 Å². The van der Waals surface area contributed by atoms with E-state index in [0.717, 1.165) is 48.0 Å². The van der Waals surface area contributed by atoms with E-state index in [1.165, 1.54) is 11.1 Å². The highest BCUT2D eigenvalue weighted by molar-refractivity contribution is 5.67. The summed E-state index contributed by atoms with van der Waals surface area (Å²) in [6.07, 6.45) is 4.67. The molecule has 0 spiro atoms. The second-order valence-electron chi connectivity index (χ2n) is 6.98. The molecule has 136 valence electrons. The Balaban J connectivity index is 1.59. The average Bonchev–Trinajstić information content (AvgIpc) is 2.79. The molecule has 0 atom stereocenters. The average molecular weight is 364 g/mol. The maximum absolute atomic E-state index is 4.92. The van der Waals surface area contributed by atoms with E-state index in [9.17, 15) is 0 Å². The van der Waals surface area contributed by atoms with E-state index in [1.54, 1.807) is 6.20 Å². The van der Waals surface area contributed by atoms with Crippen LogP contribution in [-0.4, -0.2) is 21.5 Å². The molecule has 0 saturated heterocycles. The molecule has 0 saturated carbocycles. The van der Waals surface area contributed by atoms with Crippen molar-refractivity contribution in [1.29, 1.82) is 0 Å². The van der Waals surface area contributed by atoms with Gasteiger partial charge in [0.2, 0.25) is 0 Å². The zero-order chi connectivity index (χ0) is 18.8. The molecule has 0 radical (unpaired) electrons. The first-order valence-electron chi connectivity index (χ1n) is 9.53. The van der Waals surface area contributed by atoms with Crippen LogP contribution in [0.1, 0.15) is 11.1 Å². The lowest BCUT2D eigenvalue weighted by atomic mass is 10.00. The number of hydrogen-bond acceptors (Lipinski definition) is 4. The van der Waals surface area contributed by atoms with Crippen LogP contribution in [0.15, 0.2) is 85.2 Å². The molecule has 4 aromatic rings. The molecule has 0 amide bonds. The molecule has 4 nitrogen and oxygen atoms in total. The summed E-state index contributed by atoms with van der Waals surface area (Å²) in [5, 5.41) is 0. The molecule has 2 aromatic carbocycles. The normalized spacial score (nSPS) is 13.2. The van der Waals surface area contributed by atoms with Gasteiger partial charge in [-0.3, -0.25) is 4.98 Å². The molecule has 5 rings (SSSR count). The lowest BCUT2D eigenvalue weighted by Gasteiger charge is -2.30. The summed E-state index contributed by atoms with van der Waals surface area (Å²) in [6.45, 7) is 1.82. The summed E-state index contributed by atoms with van der Waals surface area (Å²) >= 11 is 0.